The van der Waals surface area contributed by atoms with E-state index in [9.17, 15) is 0 Å². The number of nitrogens with one attached hydrogen (secondary N) is 1. The van der Waals surface area contributed by atoms with Crippen molar-refractivity contribution < 1.29 is 9.15 Å². The minimum Gasteiger partial charge on any atom is -0.497 e. The molecule has 0 spiro atoms. The molecule has 1 N–H and O–H groups in total. The Morgan fingerprint density at radius 2 is 1.94 bits per heavy atom. The second kappa shape index (κ2) is 5.58. The van der Waals surface area contributed by atoms with Gasteiger partial charge >= 0.3 is 0 Å². The molecule has 0 saturated heterocycles. The Kier molecular flexibility index (Phi) is 3.87. The minimum absolute atomic E-state index is 0.581. The third-order valence-electron chi connectivity index (χ3n) is 2.91. The average Bonchev–Trinajstić information content (AvgIpc) is 2.77. The van der Waals surface area contributed by atoms with Gasteiger partial charge in [-0.1, -0.05) is 12.1 Å². The standard InChI is InChI=1S/C14H18N2O2/c1-10-13(18-14(15-2)16-10)9-6-11-4-7-12(17-3)8-5-11/h4-5,7-8H,6,9H2,1-3H3,(H,15,16). The summed E-state index contributed by atoms with van der Waals surface area (Å²) in [7, 11) is 3.48. The van der Waals surface area contributed by atoms with Gasteiger partial charge in [0.15, 0.2) is 0 Å². The Morgan fingerprint density at radius 1 is 1.22 bits per heavy atom. The molecule has 2 aromatic rings. The summed E-state index contributed by atoms with van der Waals surface area (Å²) in [6.45, 7) is 1.97. The number of aromatic nitrogens is 1. The highest BCUT2D eigenvalue weighted by Crippen LogP contribution is 2.17. The molecule has 0 fully saturated rings. The van der Waals surface area contributed by atoms with E-state index in [0.29, 0.717) is 6.01 Å². The summed E-state index contributed by atoms with van der Waals surface area (Å²) in [5.41, 5.74) is 2.21. The van der Waals surface area contributed by atoms with Crippen molar-refractivity contribution in [3.05, 3.63) is 41.3 Å². The molecule has 4 heteroatoms. The molecule has 0 radical (unpaired) electrons. The van der Waals surface area contributed by atoms with Crippen LogP contribution in [0.1, 0.15) is 17.0 Å². The largest absolute Gasteiger partial charge is 0.497 e. The first-order valence-corrected chi connectivity index (χ1v) is 6.00. The lowest BCUT2D eigenvalue weighted by Crippen LogP contribution is -1.92. The van der Waals surface area contributed by atoms with Gasteiger partial charge in [-0.3, -0.25) is 0 Å². The maximum Gasteiger partial charge on any atom is 0.294 e. The molecule has 0 bridgehead atoms. The molecule has 0 aliphatic carbocycles. The highest BCUT2D eigenvalue weighted by Gasteiger charge is 2.08. The second-order valence-corrected chi connectivity index (χ2v) is 4.13. The molecular weight excluding hydrogens is 228 g/mol. The van der Waals surface area contributed by atoms with Crippen molar-refractivity contribution in [2.75, 3.05) is 19.5 Å². The highest BCUT2D eigenvalue weighted by molar-refractivity contribution is 5.28. The van der Waals surface area contributed by atoms with Crippen molar-refractivity contribution in [1.29, 1.82) is 0 Å². The second-order valence-electron chi connectivity index (χ2n) is 4.13. The molecule has 0 unspecified atom stereocenters. The lowest BCUT2D eigenvalue weighted by Gasteiger charge is -2.02. The van der Waals surface area contributed by atoms with Crippen LogP contribution in [0, 0.1) is 6.92 Å². The van der Waals surface area contributed by atoms with Crippen LogP contribution < -0.4 is 10.1 Å². The van der Waals surface area contributed by atoms with Crippen LogP contribution in [0.25, 0.3) is 0 Å². The molecule has 18 heavy (non-hydrogen) atoms. The van der Waals surface area contributed by atoms with E-state index in [2.05, 4.69) is 22.4 Å². The van der Waals surface area contributed by atoms with Crippen molar-refractivity contribution in [1.82, 2.24) is 4.98 Å². The number of nitrogens with zero attached hydrogens (tertiary/aromatic N) is 1. The Balaban J connectivity index is 1.99. The first-order valence-electron chi connectivity index (χ1n) is 6.00. The van der Waals surface area contributed by atoms with Crippen LogP contribution in [0.4, 0.5) is 6.01 Å². The normalized spacial score (nSPS) is 10.4. The number of rotatable bonds is 5. The van der Waals surface area contributed by atoms with E-state index in [4.69, 9.17) is 9.15 Å². The number of aryl methyl sites for hydroxylation is 3. The van der Waals surface area contributed by atoms with Crippen LogP contribution in [-0.2, 0) is 12.8 Å². The first kappa shape index (κ1) is 12.5. The van der Waals surface area contributed by atoms with Gasteiger partial charge < -0.3 is 14.5 Å². The molecular formula is C14H18N2O2. The van der Waals surface area contributed by atoms with Crippen LogP contribution in [0.2, 0.25) is 0 Å². The Labute approximate surface area is 107 Å². The fourth-order valence-corrected chi connectivity index (χ4v) is 1.82. The number of methoxy groups -OCH3 is 1. The third-order valence-corrected chi connectivity index (χ3v) is 2.91. The van der Waals surface area contributed by atoms with E-state index in [-0.39, 0.29) is 0 Å². The van der Waals surface area contributed by atoms with Crippen molar-refractivity contribution >= 4 is 6.01 Å². The van der Waals surface area contributed by atoms with Crippen LogP contribution in [0.5, 0.6) is 5.75 Å². The molecule has 1 aromatic heterocycles. The van der Waals surface area contributed by atoms with E-state index in [1.165, 1.54) is 5.56 Å². The van der Waals surface area contributed by atoms with E-state index in [0.717, 1.165) is 30.0 Å². The van der Waals surface area contributed by atoms with Gasteiger partial charge in [-0.2, -0.15) is 4.98 Å². The SMILES string of the molecule is CNc1nc(C)c(CCc2ccc(OC)cc2)o1. The average molecular weight is 246 g/mol. The summed E-state index contributed by atoms with van der Waals surface area (Å²) in [6.07, 6.45) is 1.79. The molecule has 4 nitrogen and oxygen atoms in total. The molecule has 0 amide bonds. The van der Waals surface area contributed by atoms with Gasteiger partial charge in [0.2, 0.25) is 0 Å². The van der Waals surface area contributed by atoms with Crippen LogP contribution >= 0.6 is 0 Å². The highest BCUT2D eigenvalue weighted by atomic mass is 16.5. The van der Waals surface area contributed by atoms with E-state index in [1.807, 2.05) is 19.1 Å². The molecule has 0 saturated carbocycles. The summed E-state index contributed by atoms with van der Waals surface area (Å²) in [4.78, 5) is 4.27. The van der Waals surface area contributed by atoms with Crippen LogP contribution in [0.3, 0.4) is 0 Å². The summed E-state index contributed by atoms with van der Waals surface area (Å²) < 4.78 is 10.7. The summed E-state index contributed by atoms with van der Waals surface area (Å²) in [5, 5.41) is 2.91. The monoisotopic (exact) mass is 246 g/mol. The lowest BCUT2D eigenvalue weighted by molar-refractivity contribution is 0.414. The number of oxazole rings is 1. The van der Waals surface area contributed by atoms with Crippen molar-refractivity contribution in [2.45, 2.75) is 19.8 Å². The van der Waals surface area contributed by atoms with Gasteiger partial charge in [-0.05, 0) is 31.0 Å². The zero-order valence-corrected chi connectivity index (χ0v) is 11.0. The van der Waals surface area contributed by atoms with Crippen molar-refractivity contribution in [3.8, 4) is 5.75 Å². The van der Waals surface area contributed by atoms with Crippen LogP contribution in [-0.4, -0.2) is 19.1 Å². The summed E-state index contributed by atoms with van der Waals surface area (Å²) in [5.74, 6) is 1.82. The van der Waals surface area contributed by atoms with E-state index < -0.39 is 0 Å². The van der Waals surface area contributed by atoms with E-state index in [1.54, 1.807) is 14.2 Å². The molecule has 96 valence electrons. The summed E-state index contributed by atoms with van der Waals surface area (Å²) >= 11 is 0. The Bertz CT molecular complexity index is 503. The molecule has 0 atom stereocenters. The molecule has 1 aromatic carbocycles. The van der Waals surface area contributed by atoms with Gasteiger partial charge in [0.1, 0.15) is 11.5 Å². The van der Waals surface area contributed by atoms with Gasteiger partial charge in [0, 0.05) is 13.5 Å². The minimum atomic E-state index is 0.581. The van der Waals surface area contributed by atoms with Crippen molar-refractivity contribution in [2.24, 2.45) is 0 Å². The number of anilines is 1. The fraction of sp³-hybridized carbons (Fsp3) is 0.357. The van der Waals surface area contributed by atoms with Gasteiger partial charge in [0.25, 0.3) is 6.01 Å². The third kappa shape index (κ3) is 2.83. The maximum absolute atomic E-state index is 5.58. The van der Waals surface area contributed by atoms with Gasteiger partial charge in [-0.25, -0.2) is 0 Å². The predicted molar refractivity (Wildman–Crippen MR) is 71.2 cm³/mol. The number of hydrogen-bond acceptors (Lipinski definition) is 4. The number of benzene rings is 1. The first-order chi connectivity index (χ1) is 8.72. The van der Waals surface area contributed by atoms with Gasteiger partial charge in [-0.15, -0.1) is 0 Å². The molecule has 0 aliphatic heterocycles. The maximum atomic E-state index is 5.58. The Hall–Kier alpha value is -1.97. The van der Waals surface area contributed by atoms with Gasteiger partial charge in [0.05, 0.1) is 12.8 Å². The molecule has 0 aliphatic rings. The number of hydrogen-bond donors (Lipinski definition) is 1. The lowest BCUT2D eigenvalue weighted by atomic mass is 10.1. The number of ether oxygens (including phenoxy) is 1. The predicted octanol–water partition coefficient (Wildman–Crippen LogP) is 2.82. The van der Waals surface area contributed by atoms with Crippen LogP contribution in [0.15, 0.2) is 28.7 Å². The fourth-order valence-electron chi connectivity index (χ4n) is 1.82. The van der Waals surface area contributed by atoms with Crippen molar-refractivity contribution in [3.63, 3.8) is 0 Å². The quantitative estimate of drug-likeness (QED) is 0.881. The summed E-state index contributed by atoms with van der Waals surface area (Å²) in [6, 6.07) is 8.67. The topological polar surface area (TPSA) is 47.3 Å². The smallest absolute Gasteiger partial charge is 0.294 e. The Morgan fingerprint density at radius 3 is 2.50 bits per heavy atom. The molecule has 2 rings (SSSR count). The zero-order valence-electron chi connectivity index (χ0n) is 11.0. The zero-order chi connectivity index (χ0) is 13.0. The molecule has 1 heterocycles. The van der Waals surface area contributed by atoms with E-state index >= 15 is 0 Å².